The highest BCUT2D eigenvalue weighted by molar-refractivity contribution is 6.32. The van der Waals surface area contributed by atoms with Crippen LogP contribution in [0.5, 0.6) is 0 Å². The molecule has 10 heteroatoms. The Hall–Kier alpha value is -4.11. The number of anilines is 1. The van der Waals surface area contributed by atoms with E-state index in [4.69, 9.17) is 16.3 Å². The Morgan fingerprint density at radius 1 is 0.972 bits per heavy atom. The zero-order valence-corrected chi connectivity index (χ0v) is 19.6. The predicted molar refractivity (Wildman–Crippen MR) is 129 cm³/mol. The summed E-state index contributed by atoms with van der Waals surface area (Å²) in [5.41, 5.74) is 0.719. The van der Waals surface area contributed by atoms with E-state index in [1.165, 1.54) is 30.3 Å². The fourth-order valence-electron chi connectivity index (χ4n) is 3.47. The van der Waals surface area contributed by atoms with Crippen LogP contribution in [0.1, 0.15) is 33.3 Å². The lowest BCUT2D eigenvalue weighted by molar-refractivity contribution is -0.141. The van der Waals surface area contributed by atoms with Gasteiger partial charge >= 0.3 is 12.1 Å². The van der Waals surface area contributed by atoms with Crippen LogP contribution in [0.4, 0.5) is 18.9 Å². The van der Waals surface area contributed by atoms with Gasteiger partial charge in [-0.1, -0.05) is 41.9 Å². The number of nitrogens with one attached hydrogen (secondary N) is 1. The molecule has 3 aromatic carbocycles. The lowest BCUT2D eigenvalue weighted by Crippen LogP contribution is -2.12. The van der Waals surface area contributed by atoms with Crippen molar-refractivity contribution >= 4 is 29.2 Å². The summed E-state index contributed by atoms with van der Waals surface area (Å²) in [6.07, 6.45) is -4.65. The van der Waals surface area contributed by atoms with Crippen molar-refractivity contribution in [1.29, 1.82) is 0 Å². The zero-order valence-electron chi connectivity index (χ0n) is 18.8. The third kappa shape index (κ3) is 5.41. The number of esters is 1. The van der Waals surface area contributed by atoms with E-state index < -0.39 is 23.7 Å². The number of rotatable bonds is 6. The molecule has 0 spiro atoms. The number of hydrogen-bond acceptors (Lipinski definition) is 4. The van der Waals surface area contributed by atoms with E-state index in [2.05, 4.69) is 10.4 Å². The van der Waals surface area contributed by atoms with Crippen molar-refractivity contribution in [2.75, 3.05) is 11.9 Å². The zero-order chi connectivity index (χ0) is 25.9. The SMILES string of the molecule is CCOC(=O)c1cccc(NC(=O)c2ccc(-c3cc(C(F)(F)F)nn3-c3ccccc3Cl)cc2)c1. The lowest BCUT2D eigenvalue weighted by Gasteiger charge is -2.10. The van der Waals surface area contributed by atoms with Crippen LogP contribution >= 0.6 is 11.6 Å². The minimum absolute atomic E-state index is 0.157. The average molecular weight is 514 g/mol. The van der Waals surface area contributed by atoms with Crippen molar-refractivity contribution < 1.29 is 27.5 Å². The second-order valence-corrected chi connectivity index (χ2v) is 8.02. The van der Waals surface area contributed by atoms with E-state index in [-0.39, 0.29) is 28.6 Å². The molecule has 0 radical (unpaired) electrons. The topological polar surface area (TPSA) is 73.2 Å². The van der Waals surface area contributed by atoms with Crippen LogP contribution in [0.25, 0.3) is 16.9 Å². The van der Waals surface area contributed by atoms with E-state index in [1.54, 1.807) is 49.4 Å². The number of alkyl halides is 3. The van der Waals surface area contributed by atoms with E-state index in [1.807, 2.05) is 0 Å². The number of amides is 1. The second kappa shape index (κ2) is 10.2. The predicted octanol–water partition coefficient (Wildman–Crippen LogP) is 6.64. The third-order valence-corrected chi connectivity index (χ3v) is 5.47. The highest BCUT2D eigenvalue weighted by atomic mass is 35.5. The van der Waals surface area contributed by atoms with Crippen molar-refractivity contribution in [3.8, 4) is 16.9 Å². The number of halogens is 4. The maximum atomic E-state index is 13.4. The lowest BCUT2D eigenvalue weighted by atomic mass is 10.1. The molecule has 1 N–H and O–H groups in total. The number of benzene rings is 3. The maximum absolute atomic E-state index is 13.4. The van der Waals surface area contributed by atoms with Gasteiger partial charge in [-0.15, -0.1) is 0 Å². The molecule has 36 heavy (non-hydrogen) atoms. The number of carbonyl (C=O) groups excluding carboxylic acids is 2. The van der Waals surface area contributed by atoms with Gasteiger partial charge in [0.2, 0.25) is 0 Å². The summed E-state index contributed by atoms with van der Waals surface area (Å²) in [5.74, 6) is -0.968. The van der Waals surface area contributed by atoms with Crippen molar-refractivity contribution in [1.82, 2.24) is 9.78 Å². The molecular formula is C26H19ClF3N3O3. The van der Waals surface area contributed by atoms with Crippen molar-refractivity contribution in [3.05, 3.63) is 101 Å². The molecule has 0 aliphatic carbocycles. The van der Waals surface area contributed by atoms with Crippen LogP contribution in [0, 0.1) is 0 Å². The summed E-state index contributed by atoms with van der Waals surface area (Å²) in [4.78, 5) is 24.6. The standard InChI is InChI=1S/C26H19ClF3N3O3/c1-2-36-25(35)18-6-5-7-19(14-18)31-24(34)17-12-10-16(11-13-17)22-15-23(26(28,29)30)32-33(22)21-9-4-3-8-20(21)27/h3-15H,2H2,1H3,(H,31,34). The van der Waals surface area contributed by atoms with Crippen LogP contribution in [-0.4, -0.2) is 28.3 Å². The molecule has 0 aliphatic heterocycles. The average Bonchev–Trinajstić information content (AvgIpc) is 3.31. The largest absolute Gasteiger partial charge is 0.462 e. The summed E-state index contributed by atoms with van der Waals surface area (Å²) in [5, 5.41) is 6.65. The number of hydrogen-bond donors (Lipinski definition) is 1. The van der Waals surface area contributed by atoms with E-state index in [0.29, 0.717) is 16.8 Å². The molecular weight excluding hydrogens is 495 g/mol. The van der Waals surface area contributed by atoms with Gasteiger partial charge in [-0.25, -0.2) is 9.48 Å². The second-order valence-electron chi connectivity index (χ2n) is 7.61. The van der Waals surface area contributed by atoms with Gasteiger partial charge < -0.3 is 10.1 Å². The quantitative estimate of drug-likeness (QED) is 0.293. The van der Waals surface area contributed by atoms with Gasteiger partial charge in [-0.3, -0.25) is 4.79 Å². The molecule has 0 atom stereocenters. The van der Waals surface area contributed by atoms with E-state index in [0.717, 1.165) is 10.7 Å². The fourth-order valence-corrected chi connectivity index (χ4v) is 3.68. The number of aromatic nitrogens is 2. The maximum Gasteiger partial charge on any atom is 0.435 e. The molecule has 0 unspecified atom stereocenters. The van der Waals surface area contributed by atoms with Crippen molar-refractivity contribution in [3.63, 3.8) is 0 Å². The number of nitrogens with zero attached hydrogens (tertiary/aromatic N) is 2. The Morgan fingerprint density at radius 2 is 1.69 bits per heavy atom. The summed E-state index contributed by atoms with van der Waals surface area (Å²) in [6, 6.07) is 19.7. The first-order valence-electron chi connectivity index (χ1n) is 10.8. The Bertz CT molecular complexity index is 1420. The van der Waals surface area contributed by atoms with Gasteiger partial charge in [0.1, 0.15) is 0 Å². The molecule has 0 fully saturated rings. The van der Waals surface area contributed by atoms with Crippen LogP contribution in [0.2, 0.25) is 5.02 Å². The first-order chi connectivity index (χ1) is 17.2. The molecule has 6 nitrogen and oxygen atoms in total. The molecule has 0 aliphatic rings. The van der Waals surface area contributed by atoms with Gasteiger partial charge in [-0.05, 0) is 55.5 Å². The Kier molecular flexibility index (Phi) is 7.12. The number of carbonyl (C=O) groups is 2. The van der Waals surface area contributed by atoms with Crippen LogP contribution in [0.15, 0.2) is 78.9 Å². The van der Waals surface area contributed by atoms with Crippen molar-refractivity contribution in [2.24, 2.45) is 0 Å². The Balaban J connectivity index is 1.61. The minimum atomic E-state index is -4.65. The molecule has 0 saturated carbocycles. The summed E-state index contributed by atoms with van der Waals surface area (Å²) in [7, 11) is 0. The molecule has 1 aromatic heterocycles. The van der Waals surface area contributed by atoms with Gasteiger partial charge in [-0.2, -0.15) is 18.3 Å². The normalized spacial score (nSPS) is 11.2. The number of ether oxygens (including phenoxy) is 1. The molecule has 0 saturated heterocycles. The summed E-state index contributed by atoms with van der Waals surface area (Å²) < 4.78 is 46.4. The summed E-state index contributed by atoms with van der Waals surface area (Å²) in [6.45, 7) is 1.92. The van der Waals surface area contributed by atoms with Gasteiger partial charge in [0.05, 0.1) is 28.6 Å². The van der Waals surface area contributed by atoms with E-state index in [9.17, 15) is 22.8 Å². The molecule has 184 valence electrons. The fraction of sp³-hybridized carbons (Fsp3) is 0.115. The first-order valence-corrected chi connectivity index (χ1v) is 11.2. The Labute approximate surface area is 209 Å². The van der Waals surface area contributed by atoms with Crippen LogP contribution in [-0.2, 0) is 10.9 Å². The molecule has 4 rings (SSSR count). The molecule has 1 amide bonds. The number of para-hydroxylation sites is 1. The minimum Gasteiger partial charge on any atom is -0.462 e. The monoisotopic (exact) mass is 513 g/mol. The van der Waals surface area contributed by atoms with Crippen molar-refractivity contribution in [2.45, 2.75) is 13.1 Å². The van der Waals surface area contributed by atoms with E-state index >= 15 is 0 Å². The van der Waals surface area contributed by atoms with Crippen LogP contribution in [0.3, 0.4) is 0 Å². The molecule has 0 bridgehead atoms. The Morgan fingerprint density at radius 3 is 2.36 bits per heavy atom. The third-order valence-electron chi connectivity index (χ3n) is 5.15. The van der Waals surface area contributed by atoms with Gasteiger partial charge in [0, 0.05) is 16.8 Å². The van der Waals surface area contributed by atoms with Gasteiger partial charge in [0.25, 0.3) is 5.91 Å². The smallest absolute Gasteiger partial charge is 0.435 e. The highest BCUT2D eigenvalue weighted by Gasteiger charge is 2.35. The summed E-state index contributed by atoms with van der Waals surface area (Å²) >= 11 is 6.21. The van der Waals surface area contributed by atoms with Crippen LogP contribution < -0.4 is 5.32 Å². The van der Waals surface area contributed by atoms with Gasteiger partial charge in [0.15, 0.2) is 5.69 Å². The first kappa shape index (κ1) is 25.0. The molecule has 4 aromatic rings. The highest BCUT2D eigenvalue weighted by Crippen LogP contribution is 2.34. The molecule has 1 heterocycles.